The highest BCUT2D eigenvalue weighted by atomic mass is 32.1. The fraction of sp³-hybridized carbons (Fsp3) is 0.176. The van der Waals surface area contributed by atoms with Crippen molar-refractivity contribution in [3.05, 3.63) is 41.6 Å². The van der Waals surface area contributed by atoms with Gasteiger partial charge in [-0.2, -0.15) is 0 Å². The molecule has 0 saturated heterocycles. The van der Waals surface area contributed by atoms with Gasteiger partial charge in [0.15, 0.2) is 5.82 Å². The highest BCUT2D eigenvalue weighted by Gasteiger charge is 2.19. The molecule has 26 heavy (non-hydrogen) atoms. The lowest BCUT2D eigenvalue weighted by Gasteiger charge is -2.12. The fourth-order valence-corrected chi connectivity index (χ4v) is 3.42. The Bertz CT molecular complexity index is 961. The van der Waals surface area contributed by atoms with Crippen molar-refractivity contribution in [2.45, 2.75) is 13.8 Å². The fourth-order valence-electron chi connectivity index (χ4n) is 2.47. The van der Waals surface area contributed by atoms with Gasteiger partial charge < -0.3 is 15.9 Å². The molecular weight excluding hydrogens is 360 g/mol. The van der Waals surface area contributed by atoms with E-state index in [1.807, 2.05) is 13.8 Å². The van der Waals surface area contributed by atoms with Gasteiger partial charge in [-0.3, -0.25) is 5.84 Å². The van der Waals surface area contributed by atoms with Gasteiger partial charge in [-0.05, 0) is 32.0 Å². The summed E-state index contributed by atoms with van der Waals surface area (Å²) in [5.74, 6) is 3.71. The van der Waals surface area contributed by atoms with Crippen LogP contribution in [0.2, 0.25) is 0 Å². The topological polar surface area (TPSA) is 99.1 Å². The van der Waals surface area contributed by atoms with Crippen LogP contribution in [0.25, 0.3) is 21.8 Å². The van der Waals surface area contributed by atoms with Gasteiger partial charge in [0.25, 0.3) is 5.19 Å². The first-order chi connectivity index (χ1) is 12.5. The molecule has 0 bridgehead atoms. The zero-order valence-electron chi connectivity index (χ0n) is 14.1. The maximum Gasteiger partial charge on any atom is 0.274 e. The number of thiazole rings is 1. The van der Waals surface area contributed by atoms with Crippen molar-refractivity contribution in [3.63, 3.8) is 0 Å². The third-order valence-electron chi connectivity index (χ3n) is 3.70. The maximum absolute atomic E-state index is 14.7. The SMILES string of the molecule is CCOc1nc(C)c(-c2cccc(-c3cc(F)c(N)c(NN)c3F)n2)s1. The minimum Gasteiger partial charge on any atom is -0.470 e. The number of nitrogens with two attached hydrogens (primary N) is 2. The first-order valence-electron chi connectivity index (χ1n) is 7.78. The third-order valence-corrected chi connectivity index (χ3v) is 4.79. The van der Waals surface area contributed by atoms with E-state index in [9.17, 15) is 8.78 Å². The minimum atomic E-state index is -0.783. The van der Waals surface area contributed by atoms with Gasteiger partial charge in [0.05, 0.1) is 34.3 Å². The van der Waals surface area contributed by atoms with Crippen LogP contribution >= 0.6 is 11.3 Å². The lowest BCUT2D eigenvalue weighted by Crippen LogP contribution is -2.13. The van der Waals surface area contributed by atoms with E-state index in [4.69, 9.17) is 16.3 Å². The highest BCUT2D eigenvalue weighted by molar-refractivity contribution is 7.17. The average molecular weight is 377 g/mol. The summed E-state index contributed by atoms with van der Waals surface area (Å²) >= 11 is 1.34. The molecule has 0 fully saturated rings. The molecule has 3 aromatic rings. The monoisotopic (exact) mass is 377 g/mol. The lowest BCUT2D eigenvalue weighted by atomic mass is 10.1. The molecule has 3 rings (SSSR count). The third kappa shape index (κ3) is 3.18. The number of hydrogen-bond donors (Lipinski definition) is 3. The smallest absolute Gasteiger partial charge is 0.274 e. The van der Waals surface area contributed by atoms with Crippen molar-refractivity contribution in [2.75, 3.05) is 17.8 Å². The second-order valence-corrected chi connectivity index (χ2v) is 6.35. The lowest BCUT2D eigenvalue weighted by molar-refractivity contribution is 0.338. The molecule has 0 saturated carbocycles. The van der Waals surface area contributed by atoms with Crippen LogP contribution in [0, 0.1) is 18.6 Å². The van der Waals surface area contributed by atoms with Crippen molar-refractivity contribution in [1.82, 2.24) is 9.97 Å². The standard InChI is InChI=1S/C17H17F2N5OS/c1-3-25-17-22-8(2)16(26-17)12-6-4-5-11(23-12)9-7-10(18)14(20)15(24-21)13(9)19/h4-7,24H,3,20-21H2,1-2H3. The molecule has 1 aromatic carbocycles. The zero-order chi connectivity index (χ0) is 18.8. The minimum absolute atomic E-state index is 0.0429. The Morgan fingerprint density at radius 2 is 1.96 bits per heavy atom. The Kier molecular flexibility index (Phi) is 5.01. The highest BCUT2D eigenvalue weighted by Crippen LogP contribution is 2.36. The molecule has 0 aliphatic carbocycles. The van der Waals surface area contributed by atoms with Crippen LogP contribution in [0.3, 0.4) is 0 Å². The van der Waals surface area contributed by atoms with Crippen molar-refractivity contribution < 1.29 is 13.5 Å². The van der Waals surface area contributed by atoms with Gasteiger partial charge in [-0.1, -0.05) is 17.4 Å². The van der Waals surface area contributed by atoms with Crippen molar-refractivity contribution in [1.29, 1.82) is 0 Å². The summed E-state index contributed by atoms with van der Waals surface area (Å²) in [5, 5.41) is 0.534. The molecule has 2 heterocycles. The summed E-state index contributed by atoms with van der Waals surface area (Å²) in [6, 6.07) is 6.06. The molecule has 0 amide bonds. The second kappa shape index (κ2) is 7.22. The number of benzene rings is 1. The molecule has 9 heteroatoms. The molecule has 6 nitrogen and oxygen atoms in total. The number of hydrogen-bond acceptors (Lipinski definition) is 7. The Balaban J connectivity index is 2.10. The van der Waals surface area contributed by atoms with Gasteiger partial charge in [0.1, 0.15) is 11.5 Å². The van der Waals surface area contributed by atoms with Crippen LogP contribution in [0.15, 0.2) is 24.3 Å². The van der Waals surface area contributed by atoms with Gasteiger partial charge >= 0.3 is 0 Å². The number of aryl methyl sites for hydroxylation is 1. The van der Waals surface area contributed by atoms with E-state index in [1.165, 1.54) is 11.3 Å². The van der Waals surface area contributed by atoms with Crippen LogP contribution in [0.5, 0.6) is 5.19 Å². The van der Waals surface area contributed by atoms with Crippen molar-refractivity contribution >= 4 is 22.7 Å². The van der Waals surface area contributed by atoms with E-state index in [1.54, 1.807) is 18.2 Å². The normalized spacial score (nSPS) is 10.8. The molecule has 136 valence electrons. The molecule has 0 unspecified atom stereocenters. The number of halogens is 2. The Morgan fingerprint density at radius 3 is 2.65 bits per heavy atom. The summed E-state index contributed by atoms with van der Waals surface area (Å²) in [5.41, 5.74) is 8.46. The van der Waals surface area contributed by atoms with Gasteiger partial charge in [-0.15, -0.1) is 0 Å². The molecule has 0 aliphatic rings. The van der Waals surface area contributed by atoms with Gasteiger partial charge in [0, 0.05) is 5.56 Å². The number of nitrogens with one attached hydrogen (secondary N) is 1. The van der Waals surface area contributed by atoms with Crippen LogP contribution in [-0.4, -0.2) is 16.6 Å². The molecule has 0 spiro atoms. The van der Waals surface area contributed by atoms with E-state index in [0.717, 1.165) is 16.6 Å². The Hall–Kier alpha value is -2.78. The van der Waals surface area contributed by atoms with Crippen molar-refractivity contribution in [2.24, 2.45) is 5.84 Å². The van der Waals surface area contributed by atoms with Crippen molar-refractivity contribution in [3.8, 4) is 27.0 Å². The number of anilines is 2. The quantitative estimate of drug-likeness (QED) is 0.356. The largest absolute Gasteiger partial charge is 0.470 e. The number of nitrogen functional groups attached to an aromatic ring is 2. The predicted octanol–water partition coefficient (Wildman–Crippen LogP) is 3.73. The number of hydrazine groups is 1. The van der Waals surface area contributed by atoms with Gasteiger partial charge in [-0.25, -0.2) is 18.7 Å². The number of nitrogens with zero attached hydrogens (tertiary/aromatic N) is 2. The summed E-state index contributed by atoms with van der Waals surface area (Å²) in [4.78, 5) is 9.58. The van der Waals surface area contributed by atoms with Crippen LogP contribution in [-0.2, 0) is 0 Å². The predicted molar refractivity (Wildman–Crippen MR) is 98.8 cm³/mol. The maximum atomic E-state index is 14.7. The van der Waals surface area contributed by atoms with Crippen LogP contribution in [0.1, 0.15) is 12.6 Å². The molecule has 0 aliphatic heterocycles. The summed E-state index contributed by atoms with van der Waals surface area (Å²) in [6.07, 6.45) is 0. The van der Waals surface area contributed by atoms with E-state index in [-0.39, 0.29) is 22.6 Å². The van der Waals surface area contributed by atoms with Crippen LogP contribution in [0.4, 0.5) is 20.2 Å². The van der Waals surface area contributed by atoms with Crippen LogP contribution < -0.4 is 21.7 Å². The summed E-state index contributed by atoms with van der Waals surface area (Å²) in [7, 11) is 0. The molecule has 0 atom stereocenters. The second-order valence-electron chi connectivity index (χ2n) is 5.39. The van der Waals surface area contributed by atoms with E-state index < -0.39 is 11.6 Å². The van der Waals surface area contributed by atoms with Gasteiger partial charge in [0.2, 0.25) is 0 Å². The molecule has 0 radical (unpaired) electrons. The van der Waals surface area contributed by atoms with E-state index >= 15 is 0 Å². The van der Waals surface area contributed by atoms with E-state index in [0.29, 0.717) is 17.5 Å². The number of pyridine rings is 1. The number of rotatable bonds is 5. The number of aromatic nitrogens is 2. The summed E-state index contributed by atoms with van der Waals surface area (Å²) < 4.78 is 34.1. The first-order valence-corrected chi connectivity index (χ1v) is 8.60. The molecular formula is C17H17F2N5OS. The summed E-state index contributed by atoms with van der Waals surface area (Å²) in [6.45, 7) is 4.21. The average Bonchev–Trinajstić information content (AvgIpc) is 2.99. The molecule has 2 aromatic heterocycles. The van der Waals surface area contributed by atoms with E-state index in [2.05, 4.69) is 15.4 Å². The zero-order valence-corrected chi connectivity index (χ0v) is 15.0. The first kappa shape index (κ1) is 18.0. The number of ether oxygens (including phenoxy) is 1. The Morgan fingerprint density at radius 1 is 1.23 bits per heavy atom. The Labute approximate surface area is 152 Å². The molecule has 5 N–H and O–H groups in total.